The smallest absolute Gasteiger partial charge is 0.320 e. The molecule has 0 radical (unpaired) electrons. The molecule has 0 unspecified atom stereocenters. The zero-order valence-corrected chi connectivity index (χ0v) is 16.5. The molecule has 134 valence electrons. The first-order chi connectivity index (χ1) is 11.9. The molecule has 6 heteroatoms. The predicted molar refractivity (Wildman–Crippen MR) is 104 cm³/mol. The van der Waals surface area contributed by atoms with Gasteiger partial charge in [-0.1, -0.05) is 24.3 Å². The zero-order valence-electron chi connectivity index (χ0n) is 15.6. The number of hydrogen-bond acceptors (Lipinski definition) is 3. The van der Waals surface area contributed by atoms with Crippen LogP contribution in [-0.2, 0) is 0 Å². The highest BCUT2D eigenvalue weighted by Gasteiger charge is 2.27. The lowest BCUT2D eigenvalue weighted by Crippen LogP contribution is -2.37. The van der Waals surface area contributed by atoms with Crippen LogP contribution in [-0.4, -0.2) is 39.2 Å². The van der Waals surface area contributed by atoms with Crippen molar-refractivity contribution in [1.82, 2.24) is 9.99 Å². The number of amides is 2. The summed E-state index contributed by atoms with van der Waals surface area (Å²) in [4.78, 5) is 14.0. The molecule has 0 aliphatic carbocycles. The fraction of sp³-hybridized carbons (Fsp3) is 0.316. The van der Waals surface area contributed by atoms with Gasteiger partial charge in [-0.3, -0.25) is 0 Å². The lowest BCUT2D eigenvalue weighted by molar-refractivity contribution is 0.223. The quantitative estimate of drug-likeness (QED) is 0.834. The maximum Gasteiger partial charge on any atom is 0.320 e. The zero-order chi connectivity index (χ0) is 18.6. The van der Waals surface area contributed by atoms with Crippen LogP contribution in [0.3, 0.4) is 0 Å². The van der Waals surface area contributed by atoms with Gasteiger partial charge in [0.25, 0.3) is 0 Å². The van der Waals surface area contributed by atoms with E-state index in [2.05, 4.69) is 5.09 Å². The number of carbonyl (C=O) groups is 1. The van der Waals surface area contributed by atoms with Gasteiger partial charge in [-0.15, -0.1) is 0 Å². The second kappa shape index (κ2) is 8.21. The molecular formula is C19H25N2O3P. The second-order valence-corrected chi connectivity index (χ2v) is 7.69. The SMILES string of the molecule is COc1cccc(C)c1P(NC(=O)N(C)C)c1c(C)cccc1OC. The third kappa shape index (κ3) is 4.05. The Morgan fingerprint density at radius 3 is 1.72 bits per heavy atom. The third-order valence-corrected chi connectivity index (χ3v) is 6.36. The van der Waals surface area contributed by atoms with Crippen molar-refractivity contribution < 1.29 is 14.3 Å². The van der Waals surface area contributed by atoms with Gasteiger partial charge in [0, 0.05) is 24.7 Å². The maximum atomic E-state index is 12.5. The van der Waals surface area contributed by atoms with Crippen LogP contribution in [0.4, 0.5) is 4.79 Å². The summed E-state index contributed by atoms with van der Waals surface area (Å²) >= 11 is 0. The third-order valence-electron chi connectivity index (χ3n) is 3.90. The largest absolute Gasteiger partial charge is 0.496 e. The fourth-order valence-corrected chi connectivity index (χ4v) is 5.05. The molecule has 1 N–H and O–H groups in total. The first-order valence-corrected chi connectivity index (χ1v) is 9.30. The van der Waals surface area contributed by atoms with Gasteiger partial charge in [-0.25, -0.2) is 4.79 Å². The van der Waals surface area contributed by atoms with Gasteiger partial charge in [0.2, 0.25) is 0 Å². The Bertz CT molecular complexity index is 709. The molecule has 5 nitrogen and oxygen atoms in total. The maximum absolute atomic E-state index is 12.5. The average molecular weight is 360 g/mol. The summed E-state index contributed by atoms with van der Waals surface area (Å²) in [7, 11) is 5.54. The minimum absolute atomic E-state index is 0.151. The molecule has 0 bridgehead atoms. The summed E-state index contributed by atoms with van der Waals surface area (Å²) in [6.45, 7) is 4.06. The van der Waals surface area contributed by atoms with Crippen LogP contribution in [0.5, 0.6) is 11.5 Å². The molecule has 2 amide bonds. The van der Waals surface area contributed by atoms with Crippen molar-refractivity contribution in [3.05, 3.63) is 47.5 Å². The van der Waals surface area contributed by atoms with Crippen LogP contribution in [0.1, 0.15) is 11.1 Å². The van der Waals surface area contributed by atoms with Crippen LogP contribution in [0.15, 0.2) is 36.4 Å². The van der Waals surface area contributed by atoms with E-state index >= 15 is 0 Å². The highest BCUT2D eigenvalue weighted by atomic mass is 31.1. The van der Waals surface area contributed by atoms with E-state index in [1.54, 1.807) is 28.3 Å². The Hall–Kier alpha value is -2.26. The normalized spacial score (nSPS) is 10.5. The van der Waals surface area contributed by atoms with Crippen molar-refractivity contribution in [2.24, 2.45) is 0 Å². The Labute approximate surface area is 150 Å². The average Bonchev–Trinajstić information content (AvgIpc) is 2.59. The van der Waals surface area contributed by atoms with Gasteiger partial charge < -0.3 is 19.5 Å². The number of ether oxygens (including phenoxy) is 2. The molecule has 0 aliphatic rings. The van der Waals surface area contributed by atoms with Gasteiger partial charge in [0.15, 0.2) is 0 Å². The number of rotatable bonds is 5. The molecule has 0 fully saturated rings. The Kier molecular flexibility index (Phi) is 6.27. The number of nitrogens with zero attached hydrogens (tertiary/aromatic N) is 1. The van der Waals surface area contributed by atoms with Gasteiger partial charge in [0.1, 0.15) is 11.5 Å². The molecule has 0 heterocycles. The molecule has 2 rings (SSSR count). The van der Waals surface area contributed by atoms with E-state index in [9.17, 15) is 4.79 Å². The molecule has 0 aliphatic heterocycles. The van der Waals surface area contributed by atoms with Crippen molar-refractivity contribution in [3.8, 4) is 11.5 Å². The van der Waals surface area contributed by atoms with Crippen molar-refractivity contribution in [2.75, 3.05) is 28.3 Å². The summed E-state index contributed by atoms with van der Waals surface area (Å²) in [5, 5.41) is 5.15. The lowest BCUT2D eigenvalue weighted by atomic mass is 10.2. The fourth-order valence-electron chi connectivity index (χ4n) is 2.59. The molecule has 0 saturated carbocycles. The van der Waals surface area contributed by atoms with Gasteiger partial charge in [-0.05, 0) is 37.1 Å². The Morgan fingerprint density at radius 1 is 0.920 bits per heavy atom. The summed E-state index contributed by atoms with van der Waals surface area (Å²) in [5.41, 5.74) is 2.13. The standard InChI is InChI=1S/C19H25N2O3P/c1-13-9-7-11-15(23-5)17(13)25(20-19(22)21(3)4)18-14(2)10-8-12-16(18)24-6/h7-12H,1-6H3,(H,20,22). The molecule has 25 heavy (non-hydrogen) atoms. The van der Waals surface area contributed by atoms with E-state index in [0.717, 1.165) is 33.2 Å². The minimum Gasteiger partial charge on any atom is -0.496 e. The molecule has 2 aromatic rings. The number of nitrogens with one attached hydrogen (secondary N) is 1. The number of carbonyl (C=O) groups excluding carboxylic acids is 1. The summed E-state index contributed by atoms with van der Waals surface area (Å²) in [5.74, 6) is 1.52. The molecule has 0 saturated heterocycles. The number of methoxy groups -OCH3 is 2. The molecule has 0 aromatic heterocycles. The summed E-state index contributed by atoms with van der Waals surface area (Å²) < 4.78 is 11.2. The van der Waals surface area contributed by atoms with E-state index in [1.165, 1.54) is 4.90 Å². The molecule has 0 atom stereocenters. The van der Waals surface area contributed by atoms with E-state index in [4.69, 9.17) is 9.47 Å². The van der Waals surface area contributed by atoms with E-state index in [-0.39, 0.29) is 6.03 Å². The predicted octanol–water partition coefficient (Wildman–Crippen LogP) is 2.94. The van der Waals surface area contributed by atoms with Crippen molar-refractivity contribution in [3.63, 3.8) is 0 Å². The molecule has 0 spiro atoms. The molecule has 2 aromatic carbocycles. The number of aryl methyl sites for hydroxylation is 2. The highest BCUT2D eigenvalue weighted by Crippen LogP contribution is 2.39. The topological polar surface area (TPSA) is 50.8 Å². The monoisotopic (exact) mass is 360 g/mol. The summed E-state index contributed by atoms with van der Waals surface area (Å²) in [6, 6.07) is 11.7. The Morgan fingerprint density at radius 2 is 1.36 bits per heavy atom. The van der Waals surface area contributed by atoms with Crippen LogP contribution in [0, 0.1) is 13.8 Å². The number of benzene rings is 2. The van der Waals surface area contributed by atoms with Gasteiger partial charge in [-0.2, -0.15) is 0 Å². The van der Waals surface area contributed by atoms with Crippen molar-refractivity contribution in [1.29, 1.82) is 0 Å². The number of urea groups is 1. The van der Waals surface area contributed by atoms with Crippen LogP contribution in [0.25, 0.3) is 0 Å². The van der Waals surface area contributed by atoms with E-state index < -0.39 is 8.07 Å². The van der Waals surface area contributed by atoms with Crippen LogP contribution < -0.4 is 25.2 Å². The van der Waals surface area contributed by atoms with Crippen molar-refractivity contribution >= 4 is 24.7 Å². The van der Waals surface area contributed by atoms with E-state index in [0.29, 0.717) is 0 Å². The van der Waals surface area contributed by atoms with Crippen molar-refractivity contribution in [2.45, 2.75) is 13.8 Å². The van der Waals surface area contributed by atoms with Crippen LogP contribution >= 0.6 is 8.07 Å². The minimum atomic E-state index is -1.21. The van der Waals surface area contributed by atoms with Crippen LogP contribution in [0.2, 0.25) is 0 Å². The lowest BCUT2D eigenvalue weighted by Gasteiger charge is -2.27. The first kappa shape index (κ1) is 19.1. The molecular weight excluding hydrogens is 335 g/mol. The van der Waals surface area contributed by atoms with E-state index in [1.807, 2.05) is 50.2 Å². The Balaban J connectivity index is 2.70. The summed E-state index contributed by atoms with van der Waals surface area (Å²) in [6.07, 6.45) is 0. The van der Waals surface area contributed by atoms with Gasteiger partial charge >= 0.3 is 6.03 Å². The number of hydrogen-bond donors (Lipinski definition) is 1. The second-order valence-electron chi connectivity index (χ2n) is 5.90. The first-order valence-electron chi connectivity index (χ1n) is 7.96. The highest BCUT2D eigenvalue weighted by molar-refractivity contribution is 7.72. The van der Waals surface area contributed by atoms with Gasteiger partial charge in [0.05, 0.1) is 22.3 Å².